The van der Waals surface area contributed by atoms with E-state index in [1.165, 1.54) is 4.90 Å². The van der Waals surface area contributed by atoms with Gasteiger partial charge in [0.15, 0.2) is 6.10 Å². The first kappa shape index (κ1) is 18.7. The molecule has 154 valence electrons. The van der Waals surface area contributed by atoms with Gasteiger partial charge < -0.3 is 14.7 Å². The van der Waals surface area contributed by atoms with Crippen LogP contribution >= 0.6 is 11.3 Å². The van der Waals surface area contributed by atoms with Crippen LogP contribution in [0.2, 0.25) is 0 Å². The van der Waals surface area contributed by atoms with Gasteiger partial charge in [-0.1, -0.05) is 10.4 Å². The molecule has 0 aromatic carbocycles. The van der Waals surface area contributed by atoms with Gasteiger partial charge in [-0.05, 0) is 24.3 Å². The van der Waals surface area contributed by atoms with E-state index in [0.29, 0.717) is 25.3 Å². The summed E-state index contributed by atoms with van der Waals surface area (Å²) in [5, 5.41) is 20.9. The van der Waals surface area contributed by atoms with Crippen molar-refractivity contribution in [2.75, 3.05) is 18.1 Å². The molecule has 2 aliphatic rings. The molecule has 0 spiro atoms. The zero-order valence-corrected chi connectivity index (χ0v) is 16.6. The summed E-state index contributed by atoms with van der Waals surface area (Å²) in [6.45, 7) is 0.804. The summed E-state index contributed by atoms with van der Waals surface area (Å²) in [4.78, 5) is 25.4. The van der Waals surface area contributed by atoms with Crippen LogP contribution in [0.4, 0.5) is 10.6 Å². The summed E-state index contributed by atoms with van der Waals surface area (Å²) in [5.41, 5.74) is 1.79. The van der Waals surface area contributed by atoms with Gasteiger partial charge in [-0.25, -0.2) is 14.5 Å². The standard InChI is InChI=1S/C19H18N6O4S/c26-11-13-7-15(22-29-13)17-3-2-16(30-17)12-1-4-18(20-8-12)25-10-14(28-19(25)27)9-24-6-5-21-23-24/h1-6,8,13-14,26H,7,9-11H2/t13?,14-/m0/s1. The van der Waals surface area contributed by atoms with Crippen LogP contribution in [0.3, 0.4) is 0 Å². The number of ether oxygens (including phenoxy) is 1. The first-order valence-corrected chi connectivity index (χ1v) is 10.2. The number of hydrogen-bond donors (Lipinski definition) is 1. The van der Waals surface area contributed by atoms with E-state index in [0.717, 1.165) is 21.0 Å². The van der Waals surface area contributed by atoms with Crippen molar-refractivity contribution in [2.45, 2.75) is 25.2 Å². The predicted octanol–water partition coefficient (Wildman–Crippen LogP) is 1.91. The Balaban J connectivity index is 1.26. The van der Waals surface area contributed by atoms with Gasteiger partial charge in [0, 0.05) is 29.3 Å². The van der Waals surface area contributed by atoms with Crippen LogP contribution in [0.5, 0.6) is 0 Å². The van der Waals surface area contributed by atoms with Crippen LogP contribution in [-0.2, 0) is 16.1 Å². The summed E-state index contributed by atoms with van der Waals surface area (Å²) in [6, 6.07) is 7.73. The van der Waals surface area contributed by atoms with Crippen molar-refractivity contribution < 1.29 is 19.5 Å². The van der Waals surface area contributed by atoms with Crippen molar-refractivity contribution in [2.24, 2.45) is 5.16 Å². The van der Waals surface area contributed by atoms with Crippen LogP contribution in [-0.4, -0.2) is 62.2 Å². The maximum absolute atomic E-state index is 12.2. The minimum atomic E-state index is -0.420. The molecule has 3 aromatic rings. The molecule has 3 aromatic heterocycles. The lowest BCUT2D eigenvalue weighted by molar-refractivity contribution is 0.0390. The third-order valence-electron chi connectivity index (χ3n) is 4.87. The summed E-state index contributed by atoms with van der Waals surface area (Å²) in [5.74, 6) is 0.543. The largest absolute Gasteiger partial charge is 0.442 e. The number of aliphatic hydroxyl groups is 1. The molecule has 0 bridgehead atoms. The molecule has 1 unspecified atom stereocenters. The number of hydrogen-bond acceptors (Lipinski definition) is 9. The Morgan fingerprint density at radius 1 is 1.20 bits per heavy atom. The zero-order valence-electron chi connectivity index (χ0n) is 15.8. The van der Waals surface area contributed by atoms with Gasteiger partial charge in [0.1, 0.15) is 17.6 Å². The highest BCUT2D eigenvalue weighted by Gasteiger charge is 2.33. The fraction of sp³-hybridized carbons (Fsp3) is 0.316. The van der Waals surface area contributed by atoms with Crippen molar-refractivity contribution in [3.63, 3.8) is 0 Å². The van der Waals surface area contributed by atoms with Crippen LogP contribution < -0.4 is 4.90 Å². The number of oxime groups is 1. The Morgan fingerprint density at radius 2 is 2.10 bits per heavy atom. The average Bonchev–Trinajstić information content (AvgIpc) is 3.55. The monoisotopic (exact) mass is 426 g/mol. The lowest BCUT2D eigenvalue weighted by Gasteiger charge is -2.12. The highest BCUT2D eigenvalue weighted by molar-refractivity contribution is 7.17. The van der Waals surface area contributed by atoms with E-state index in [2.05, 4.69) is 20.5 Å². The maximum atomic E-state index is 12.2. The van der Waals surface area contributed by atoms with E-state index in [4.69, 9.17) is 9.57 Å². The molecule has 2 aliphatic heterocycles. The number of thiophene rings is 1. The van der Waals surface area contributed by atoms with Gasteiger partial charge >= 0.3 is 6.09 Å². The van der Waals surface area contributed by atoms with Crippen LogP contribution in [0.1, 0.15) is 11.3 Å². The van der Waals surface area contributed by atoms with E-state index < -0.39 is 6.09 Å². The molecule has 5 rings (SSSR count). The average molecular weight is 426 g/mol. The quantitative estimate of drug-likeness (QED) is 0.640. The van der Waals surface area contributed by atoms with Crippen LogP contribution in [0, 0.1) is 0 Å². The second-order valence-electron chi connectivity index (χ2n) is 6.96. The number of aromatic nitrogens is 4. The number of nitrogens with zero attached hydrogens (tertiary/aromatic N) is 6. The highest BCUT2D eigenvalue weighted by Crippen LogP contribution is 2.31. The van der Waals surface area contributed by atoms with Crippen molar-refractivity contribution in [1.82, 2.24) is 20.0 Å². The minimum absolute atomic E-state index is 0.0464. The van der Waals surface area contributed by atoms with Gasteiger partial charge in [0.2, 0.25) is 0 Å². The van der Waals surface area contributed by atoms with Gasteiger partial charge in [0.05, 0.1) is 30.8 Å². The molecule has 0 saturated carbocycles. The SMILES string of the molecule is O=C1O[C@@H](Cn2ccnn2)CN1c1ccc(-c2ccc(C3=NOC(CO)C3)s2)cn1. The van der Waals surface area contributed by atoms with Gasteiger partial charge in [-0.15, -0.1) is 16.4 Å². The summed E-state index contributed by atoms with van der Waals surface area (Å²) in [6.07, 6.45) is 4.66. The maximum Gasteiger partial charge on any atom is 0.416 e. The molecular formula is C19H18N6O4S. The lowest BCUT2D eigenvalue weighted by Crippen LogP contribution is -2.26. The first-order valence-electron chi connectivity index (χ1n) is 9.42. The molecule has 11 heteroatoms. The van der Waals surface area contributed by atoms with Crippen molar-refractivity contribution in [1.29, 1.82) is 0 Å². The predicted molar refractivity (Wildman–Crippen MR) is 108 cm³/mol. The number of carbonyl (C=O) groups excluding carboxylic acids is 1. The fourth-order valence-corrected chi connectivity index (χ4v) is 4.34. The fourth-order valence-electron chi connectivity index (χ4n) is 3.35. The molecule has 5 heterocycles. The number of amides is 1. The summed E-state index contributed by atoms with van der Waals surface area (Å²) in [7, 11) is 0. The number of pyridine rings is 1. The topological polar surface area (TPSA) is 115 Å². The number of anilines is 1. The third-order valence-corrected chi connectivity index (χ3v) is 6.06. The van der Waals surface area contributed by atoms with Crippen LogP contribution in [0.15, 0.2) is 48.0 Å². The second-order valence-corrected chi connectivity index (χ2v) is 8.05. The lowest BCUT2D eigenvalue weighted by atomic mass is 10.1. The number of rotatable bonds is 6. The van der Waals surface area contributed by atoms with Crippen LogP contribution in [0.25, 0.3) is 10.4 Å². The molecule has 0 aliphatic carbocycles. The number of aliphatic hydroxyl groups excluding tert-OH is 1. The molecule has 1 N–H and O–H groups in total. The van der Waals surface area contributed by atoms with Crippen molar-refractivity contribution >= 4 is 29.0 Å². The highest BCUT2D eigenvalue weighted by atomic mass is 32.1. The third kappa shape index (κ3) is 3.64. The van der Waals surface area contributed by atoms with Crippen molar-refractivity contribution in [3.05, 3.63) is 47.7 Å². The Kier molecular flexibility index (Phi) is 4.89. The smallest absolute Gasteiger partial charge is 0.416 e. The normalized spacial score (nSPS) is 20.9. The number of cyclic esters (lactones) is 1. The van der Waals surface area contributed by atoms with Gasteiger partial charge in [-0.3, -0.25) is 4.90 Å². The Hall–Kier alpha value is -3.31. The molecule has 2 atom stereocenters. The van der Waals surface area contributed by atoms with Crippen molar-refractivity contribution in [3.8, 4) is 10.4 Å². The van der Waals surface area contributed by atoms with E-state index in [1.807, 2.05) is 24.3 Å². The van der Waals surface area contributed by atoms with Gasteiger partial charge in [0.25, 0.3) is 0 Å². The Morgan fingerprint density at radius 3 is 2.83 bits per heavy atom. The molecule has 1 saturated heterocycles. The van der Waals surface area contributed by atoms with E-state index in [-0.39, 0.29) is 18.8 Å². The van der Waals surface area contributed by atoms with E-state index in [9.17, 15) is 9.90 Å². The molecular weight excluding hydrogens is 408 g/mol. The second kappa shape index (κ2) is 7.84. The van der Waals surface area contributed by atoms with E-state index >= 15 is 0 Å². The van der Waals surface area contributed by atoms with E-state index in [1.54, 1.807) is 34.6 Å². The minimum Gasteiger partial charge on any atom is -0.442 e. The molecule has 1 amide bonds. The van der Waals surface area contributed by atoms with Gasteiger partial charge in [-0.2, -0.15) is 0 Å². The molecule has 30 heavy (non-hydrogen) atoms. The molecule has 0 radical (unpaired) electrons. The number of carbonyl (C=O) groups is 1. The molecule has 1 fully saturated rings. The summed E-state index contributed by atoms with van der Waals surface area (Å²) >= 11 is 1.58. The zero-order chi connectivity index (χ0) is 20.5. The molecule has 10 nitrogen and oxygen atoms in total. The summed E-state index contributed by atoms with van der Waals surface area (Å²) < 4.78 is 7.05. The Labute approximate surface area is 175 Å². The Bertz CT molecular complexity index is 1070. The first-order chi connectivity index (χ1) is 14.7.